The number of nitrogens with zero attached hydrogens (tertiary/aromatic N) is 2. The van der Waals surface area contributed by atoms with E-state index in [4.69, 9.17) is 0 Å². The first-order valence-corrected chi connectivity index (χ1v) is 8.66. The molecule has 3 aliphatic rings. The van der Waals surface area contributed by atoms with Crippen LogP contribution in [-0.4, -0.2) is 53.9 Å². The summed E-state index contributed by atoms with van der Waals surface area (Å²) in [4.78, 5) is 62.2. The van der Waals surface area contributed by atoms with Gasteiger partial charge in [0, 0.05) is 25.4 Å². The van der Waals surface area contributed by atoms with Gasteiger partial charge in [0.05, 0.1) is 16.8 Å². The number of benzene rings is 1. The first kappa shape index (κ1) is 17.3. The average molecular weight is 373 g/mol. The summed E-state index contributed by atoms with van der Waals surface area (Å²) in [6.45, 7) is 0.816. The summed E-state index contributed by atoms with van der Waals surface area (Å²) in [5.74, 6) is -3.46. The van der Waals surface area contributed by atoms with Crippen molar-refractivity contribution in [1.82, 2.24) is 10.2 Å². The van der Waals surface area contributed by atoms with Crippen molar-refractivity contribution in [3.8, 4) is 0 Å². The topological polar surface area (TPSA) is 104 Å². The summed E-state index contributed by atoms with van der Waals surface area (Å²) in [5.41, 5.74) is 0.0807. The number of rotatable bonds is 3. The fraction of sp³-hybridized carbons (Fsp3) is 0.389. The summed E-state index contributed by atoms with van der Waals surface area (Å²) in [6.07, 6.45) is 1.48. The maximum absolute atomic E-state index is 14.6. The molecule has 1 unspecified atom stereocenters. The molecule has 2 fully saturated rings. The van der Waals surface area contributed by atoms with Crippen molar-refractivity contribution in [3.05, 3.63) is 29.1 Å². The number of halogens is 1. The predicted molar refractivity (Wildman–Crippen MR) is 89.5 cm³/mol. The number of nitrogens with one attached hydrogen (secondary N) is 1. The highest BCUT2D eigenvalue weighted by atomic mass is 19.1. The minimum absolute atomic E-state index is 0.0181. The lowest BCUT2D eigenvalue weighted by atomic mass is 10.0. The lowest BCUT2D eigenvalue weighted by Gasteiger charge is -2.27. The Bertz CT molecular complexity index is 899. The quantitative estimate of drug-likeness (QED) is 0.602. The molecule has 4 rings (SSSR count). The molecule has 27 heavy (non-hydrogen) atoms. The van der Waals surface area contributed by atoms with Gasteiger partial charge in [-0.1, -0.05) is 0 Å². The number of anilines is 1. The molecule has 2 atom stereocenters. The van der Waals surface area contributed by atoms with Gasteiger partial charge in [0.2, 0.25) is 11.8 Å². The van der Waals surface area contributed by atoms with Gasteiger partial charge in [0.1, 0.15) is 18.1 Å². The largest absolute Gasteiger partial charge is 0.368 e. The molecule has 0 aliphatic carbocycles. The number of imide groups is 2. The van der Waals surface area contributed by atoms with Gasteiger partial charge in [-0.05, 0) is 25.0 Å². The molecule has 4 amide bonds. The van der Waals surface area contributed by atoms with Gasteiger partial charge < -0.3 is 9.69 Å². The smallest absolute Gasteiger partial charge is 0.262 e. The second-order valence-electron chi connectivity index (χ2n) is 6.93. The fourth-order valence-electron chi connectivity index (χ4n) is 3.84. The third kappa shape index (κ3) is 2.70. The van der Waals surface area contributed by atoms with Crippen LogP contribution in [0.5, 0.6) is 0 Å². The van der Waals surface area contributed by atoms with E-state index in [0.29, 0.717) is 19.5 Å². The van der Waals surface area contributed by atoms with Crippen LogP contribution in [0.25, 0.3) is 0 Å². The van der Waals surface area contributed by atoms with E-state index in [1.807, 2.05) is 0 Å². The predicted octanol–water partition coefficient (Wildman–Crippen LogP) is 0.252. The number of hydrogen-bond acceptors (Lipinski definition) is 6. The zero-order valence-corrected chi connectivity index (χ0v) is 14.2. The van der Waals surface area contributed by atoms with Crippen LogP contribution in [-0.2, 0) is 14.4 Å². The Morgan fingerprint density at radius 1 is 1.07 bits per heavy atom. The van der Waals surface area contributed by atoms with Crippen molar-refractivity contribution < 1.29 is 28.4 Å². The molecule has 0 bridgehead atoms. The molecule has 9 heteroatoms. The summed E-state index contributed by atoms with van der Waals surface area (Å²) in [5, 5.41) is 2.11. The first-order valence-electron chi connectivity index (χ1n) is 8.66. The molecular weight excluding hydrogens is 357 g/mol. The minimum Gasteiger partial charge on any atom is -0.368 e. The van der Waals surface area contributed by atoms with Crippen LogP contribution in [0.15, 0.2) is 12.1 Å². The van der Waals surface area contributed by atoms with Gasteiger partial charge in [-0.2, -0.15) is 0 Å². The SMILES string of the molecule is O=C[C@@H]1CCN(c2cc3c(cc2F)C(=O)N(C2CCC(=O)NC2=O)C3=O)C1. The summed E-state index contributed by atoms with van der Waals surface area (Å²) in [6, 6.07) is 1.22. The number of piperidine rings is 1. The van der Waals surface area contributed by atoms with E-state index in [-0.39, 0.29) is 35.6 Å². The Morgan fingerprint density at radius 3 is 2.41 bits per heavy atom. The van der Waals surface area contributed by atoms with Gasteiger partial charge in [-0.25, -0.2) is 4.39 Å². The first-order chi connectivity index (χ1) is 12.9. The van der Waals surface area contributed by atoms with Gasteiger partial charge in [0.15, 0.2) is 0 Å². The van der Waals surface area contributed by atoms with Gasteiger partial charge in [-0.15, -0.1) is 0 Å². The highest BCUT2D eigenvalue weighted by Gasteiger charge is 2.45. The van der Waals surface area contributed by atoms with Crippen LogP contribution in [0.4, 0.5) is 10.1 Å². The summed E-state index contributed by atoms with van der Waals surface area (Å²) < 4.78 is 14.6. The van der Waals surface area contributed by atoms with Crippen LogP contribution in [0.3, 0.4) is 0 Å². The Kier molecular flexibility index (Phi) is 4.01. The molecule has 3 heterocycles. The van der Waals surface area contributed by atoms with Crippen LogP contribution < -0.4 is 10.2 Å². The lowest BCUT2D eigenvalue weighted by Crippen LogP contribution is -2.54. The normalized spacial score (nSPS) is 25.1. The number of amides is 4. The van der Waals surface area contributed by atoms with Crippen LogP contribution in [0, 0.1) is 11.7 Å². The minimum atomic E-state index is -1.09. The Balaban J connectivity index is 1.66. The van der Waals surface area contributed by atoms with Crippen molar-refractivity contribution in [2.45, 2.75) is 25.3 Å². The van der Waals surface area contributed by atoms with E-state index >= 15 is 0 Å². The standard InChI is InChI=1S/C18H16FN3O5/c19-12-5-10-11(6-14(12)21-4-3-9(7-21)8-23)18(27)22(17(10)26)13-1-2-15(24)20-16(13)25/h5-6,8-9,13H,1-4,7H2,(H,20,24,25)/t9-,13?/m1/s1. The zero-order valence-electron chi connectivity index (χ0n) is 14.2. The van der Waals surface area contributed by atoms with E-state index in [2.05, 4.69) is 5.32 Å². The van der Waals surface area contributed by atoms with E-state index in [1.165, 1.54) is 6.07 Å². The van der Waals surface area contributed by atoms with E-state index in [1.54, 1.807) is 4.90 Å². The highest BCUT2D eigenvalue weighted by Crippen LogP contribution is 2.34. The molecule has 0 spiro atoms. The molecule has 1 aromatic rings. The molecule has 0 aromatic heterocycles. The van der Waals surface area contributed by atoms with E-state index in [9.17, 15) is 28.4 Å². The number of hydrogen-bond donors (Lipinski definition) is 1. The third-order valence-electron chi connectivity index (χ3n) is 5.27. The number of carbonyl (C=O) groups excluding carboxylic acids is 5. The second kappa shape index (κ2) is 6.26. The summed E-state index contributed by atoms with van der Waals surface area (Å²) >= 11 is 0. The molecule has 1 N–H and O–H groups in total. The van der Waals surface area contributed by atoms with Gasteiger partial charge >= 0.3 is 0 Å². The van der Waals surface area contributed by atoms with Crippen molar-refractivity contribution in [3.63, 3.8) is 0 Å². The van der Waals surface area contributed by atoms with Crippen LogP contribution in [0.2, 0.25) is 0 Å². The van der Waals surface area contributed by atoms with E-state index in [0.717, 1.165) is 17.3 Å². The van der Waals surface area contributed by atoms with Crippen LogP contribution in [0.1, 0.15) is 40.0 Å². The highest BCUT2D eigenvalue weighted by molar-refractivity contribution is 6.23. The summed E-state index contributed by atoms with van der Waals surface area (Å²) in [7, 11) is 0. The Hall–Kier alpha value is -3.10. The number of carbonyl (C=O) groups is 5. The number of fused-ring (bicyclic) bond motifs is 1. The maximum Gasteiger partial charge on any atom is 0.262 e. The van der Waals surface area contributed by atoms with Crippen molar-refractivity contribution in [2.75, 3.05) is 18.0 Å². The molecular formula is C18H16FN3O5. The number of aldehydes is 1. The monoisotopic (exact) mass is 373 g/mol. The van der Waals surface area contributed by atoms with Gasteiger partial charge in [0.25, 0.3) is 11.8 Å². The Labute approximate surface area is 153 Å². The van der Waals surface area contributed by atoms with E-state index < -0.39 is 35.5 Å². The maximum atomic E-state index is 14.6. The van der Waals surface area contributed by atoms with Crippen molar-refractivity contribution >= 4 is 35.6 Å². The Morgan fingerprint density at radius 2 is 1.78 bits per heavy atom. The molecule has 0 radical (unpaired) electrons. The van der Waals surface area contributed by atoms with Gasteiger partial charge in [-0.3, -0.25) is 29.4 Å². The molecule has 0 saturated carbocycles. The molecule has 8 nitrogen and oxygen atoms in total. The lowest BCUT2D eigenvalue weighted by molar-refractivity contribution is -0.136. The molecule has 2 saturated heterocycles. The fourth-order valence-corrected chi connectivity index (χ4v) is 3.84. The second-order valence-corrected chi connectivity index (χ2v) is 6.93. The molecule has 1 aromatic carbocycles. The average Bonchev–Trinajstić information content (AvgIpc) is 3.19. The van der Waals surface area contributed by atoms with Crippen LogP contribution >= 0.6 is 0 Å². The van der Waals surface area contributed by atoms with Crippen molar-refractivity contribution in [1.29, 1.82) is 0 Å². The molecule has 140 valence electrons. The molecule has 3 aliphatic heterocycles. The zero-order chi connectivity index (χ0) is 19.3. The van der Waals surface area contributed by atoms with Crippen molar-refractivity contribution in [2.24, 2.45) is 5.92 Å². The third-order valence-corrected chi connectivity index (χ3v) is 5.27.